The molecule has 0 bridgehead atoms. The standard InChI is InChI=1S/C9H9BrN2O3/c10-7-1-2-8(15-5-9(11)13)6(3-7)4-12-14/h1-4,14H,5H2,(H2,11,13)/b12-4+. The maximum absolute atomic E-state index is 10.5. The number of nitrogens with zero attached hydrogens (tertiary/aromatic N) is 1. The molecule has 0 fully saturated rings. The third-order valence-corrected chi connectivity index (χ3v) is 2.03. The molecule has 0 aliphatic rings. The fourth-order valence-electron chi connectivity index (χ4n) is 0.963. The van der Waals surface area contributed by atoms with Crippen LogP contribution in [-0.2, 0) is 4.79 Å². The molecule has 15 heavy (non-hydrogen) atoms. The van der Waals surface area contributed by atoms with Gasteiger partial charge in [-0.2, -0.15) is 0 Å². The first-order chi connectivity index (χ1) is 7.13. The fraction of sp³-hybridized carbons (Fsp3) is 0.111. The van der Waals surface area contributed by atoms with Gasteiger partial charge in [0.05, 0.1) is 6.21 Å². The lowest BCUT2D eigenvalue weighted by molar-refractivity contribution is -0.119. The van der Waals surface area contributed by atoms with E-state index in [2.05, 4.69) is 21.1 Å². The maximum atomic E-state index is 10.5. The lowest BCUT2D eigenvalue weighted by Crippen LogP contribution is -2.20. The second-order valence-corrected chi connectivity index (χ2v) is 3.60. The van der Waals surface area contributed by atoms with E-state index >= 15 is 0 Å². The highest BCUT2D eigenvalue weighted by molar-refractivity contribution is 9.10. The van der Waals surface area contributed by atoms with Crippen molar-refractivity contribution in [3.8, 4) is 5.75 Å². The first-order valence-electron chi connectivity index (χ1n) is 4.01. The minimum absolute atomic E-state index is 0.214. The second-order valence-electron chi connectivity index (χ2n) is 2.68. The van der Waals surface area contributed by atoms with Gasteiger partial charge in [0.2, 0.25) is 0 Å². The summed E-state index contributed by atoms with van der Waals surface area (Å²) in [5.74, 6) is -0.139. The minimum Gasteiger partial charge on any atom is -0.483 e. The summed E-state index contributed by atoms with van der Waals surface area (Å²) in [6.45, 7) is -0.214. The van der Waals surface area contributed by atoms with Crippen molar-refractivity contribution in [2.45, 2.75) is 0 Å². The molecule has 6 heteroatoms. The monoisotopic (exact) mass is 272 g/mol. The number of carbonyl (C=O) groups excluding carboxylic acids is 1. The van der Waals surface area contributed by atoms with Crippen LogP contribution in [0.4, 0.5) is 0 Å². The van der Waals surface area contributed by atoms with Crippen LogP contribution in [0, 0.1) is 0 Å². The van der Waals surface area contributed by atoms with Crippen molar-refractivity contribution in [1.82, 2.24) is 0 Å². The van der Waals surface area contributed by atoms with Crippen LogP contribution >= 0.6 is 15.9 Å². The van der Waals surface area contributed by atoms with Gasteiger partial charge >= 0.3 is 0 Å². The number of rotatable bonds is 4. The number of carbonyl (C=O) groups is 1. The quantitative estimate of drug-likeness (QED) is 0.489. The molecular formula is C9H9BrN2O3. The largest absolute Gasteiger partial charge is 0.483 e. The summed E-state index contributed by atoms with van der Waals surface area (Å²) in [6, 6.07) is 5.07. The Bertz CT molecular complexity index is 393. The van der Waals surface area contributed by atoms with Gasteiger partial charge in [-0.25, -0.2) is 0 Å². The van der Waals surface area contributed by atoms with Crippen molar-refractivity contribution >= 4 is 28.1 Å². The summed E-state index contributed by atoms with van der Waals surface area (Å²) in [5.41, 5.74) is 5.49. The molecule has 0 aromatic heterocycles. The first kappa shape index (κ1) is 11.5. The van der Waals surface area contributed by atoms with Gasteiger partial charge in [-0.1, -0.05) is 21.1 Å². The Morgan fingerprint density at radius 1 is 1.67 bits per heavy atom. The molecule has 3 N–H and O–H groups in total. The van der Waals surface area contributed by atoms with Gasteiger partial charge in [0.15, 0.2) is 6.61 Å². The van der Waals surface area contributed by atoms with Crippen LogP contribution in [0.1, 0.15) is 5.56 Å². The summed E-state index contributed by atoms with van der Waals surface area (Å²) in [4.78, 5) is 10.5. The summed E-state index contributed by atoms with van der Waals surface area (Å²) in [7, 11) is 0. The number of hydrogen-bond acceptors (Lipinski definition) is 4. The molecule has 0 aliphatic heterocycles. The van der Waals surface area contributed by atoms with Gasteiger partial charge < -0.3 is 15.7 Å². The van der Waals surface area contributed by atoms with E-state index in [9.17, 15) is 4.79 Å². The molecule has 80 valence electrons. The Hall–Kier alpha value is -1.56. The van der Waals surface area contributed by atoms with Gasteiger partial charge in [-0.3, -0.25) is 4.79 Å². The molecule has 1 rings (SSSR count). The Kier molecular flexibility index (Phi) is 4.11. The maximum Gasteiger partial charge on any atom is 0.255 e. The summed E-state index contributed by atoms with van der Waals surface area (Å²) >= 11 is 3.26. The molecule has 5 nitrogen and oxygen atoms in total. The molecule has 0 aliphatic carbocycles. The van der Waals surface area contributed by atoms with Crippen LogP contribution in [0.3, 0.4) is 0 Å². The number of oxime groups is 1. The van der Waals surface area contributed by atoms with E-state index in [0.29, 0.717) is 11.3 Å². The Labute approximate surface area is 94.7 Å². The van der Waals surface area contributed by atoms with E-state index in [1.54, 1.807) is 18.2 Å². The average molecular weight is 273 g/mol. The van der Waals surface area contributed by atoms with Crippen LogP contribution in [0.5, 0.6) is 5.75 Å². The summed E-state index contributed by atoms with van der Waals surface area (Å²) < 4.78 is 5.92. The van der Waals surface area contributed by atoms with E-state index < -0.39 is 5.91 Å². The molecule has 0 heterocycles. The Morgan fingerprint density at radius 2 is 2.40 bits per heavy atom. The van der Waals surface area contributed by atoms with Gasteiger partial charge in [-0.05, 0) is 18.2 Å². The predicted octanol–water partition coefficient (Wildman–Crippen LogP) is 1.12. The molecule has 0 unspecified atom stereocenters. The number of hydrogen-bond donors (Lipinski definition) is 2. The van der Waals surface area contributed by atoms with Crippen molar-refractivity contribution in [2.24, 2.45) is 10.9 Å². The van der Waals surface area contributed by atoms with E-state index in [4.69, 9.17) is 15.7 Å². The Morgan fingerprint density at radius 3 is 3.00 bits per heavy atom. The van der Waals surface area contributed by atoms with Crippen molar-refractivity contribution in [1.29, 1.82) is 0 Å². The first-order valence-corrected chi connectivity index (χ1v) is 4.81. The highest BCUT2D eigenvalue weighted by atomic mass is 79.9. The zero-order chi connectivity index (χ0) is 11.3. The van der Waals surface area contributed by atoms with Crippen LogP contribution in [-0.4, -0.2) is 23.9 Å². The van der Waals surface area contributed by atoms with E-state index in [-0.39, 0.29) is 6.61 Å². The SMILES string of the molecule is NC(=O)COc1ccc(Br)cc1/C=N/O. The van der Waals surface area contributed by atoms with Gasteiger partial charge in [0.25, 0.3) is 5.91 Å². The molecule has 1 aromatic rings. The molecule has 0 atom stereocenters. The van der Waals surface area contributed by atoms with E-state index in [1.807, 2.05) is 0 Å². The molecule has 1 aromatic carbocycles. The zero-order valence-electron chi connectivity index (χ0n) is 7.68. The predicted molar refractivity (Wildman–Crippen MR) is 58.2 cm³/mol. The Balaban J connectivity index is 2.90. The fourth-order valence-corrected chi connectivity index (χ4v) is 1.34. The lowest BCUT2D eigenvalue weighted by atomic mass is 10.2. The lowest BCUT2D eigenvalue weighted by Gasteiger charge is -2.06. The highest BCUT2D eigenvalue weighted by Crippen LogP contribution is 2.21. The molecule has 0 saturated heterocycles. The smallest absolute Gasteiger partial charge is 0.255 e. The molecule has 0 radical (unpaired) electrons. The van der Waals surface area contributed by atoms with Crippen molar-refractivity contribution in [3.05, 3.63) is 28.2 Å². The molecule has 0 spiro atoms. The summed E-state index contributed by atoms with van der Waals surface area (Å²) in [5, 5.41) is 11.3. The van der Waals surface area contributed by atoms with E-state index in [0.717, 1.165) is 4.47 Å². The third-order valence-electron chi connectivity index (χ3n) is 1.54. The van der Waals surface area contributed by atoms with Crippen LogP contribution < -0.4 is 10.5 Å². The average Bonchev–Trinajstić information content (AvgIpc) is 2.17. The number of amides is 1. The number of primary amides is 1. The zero-order valence-corrected chi connectivity index (χ0v) is 9.27. The molecule has 0 saturated carbocycles. The topological polar surface area (TPSA) is 84.9 Å². The van der Waals surface area contributed by atoms with Crippen molar-refractivity contribution < 1.29 is 14.7 Å². The van der Waals surface area contributed by atoms with E-state index in [1.165, 1.54) is 6.21 Å². The number of nitrogens with two attached hydrogens (primary N) is 1. The van der Waals surface area contributed by atoms with Crippen molar-refractivity contribution in [3.63, 3.8) is 0 Å². The molecule has 1 amide bonds. The number of benzene rings is 1. The minimum atomic E-state index is -0.565. The summed E-state index contributed by atoms with van der Waals surface area (Å²) in [6.07, 6.45) is 1.21. The van der Waals surface area contributed by atoms with Gasteiger partial charge in [0, 0.05) is 10.0 Å². The highest BCUT2D eigenvalue weighted by Gasteiger charge is 2.04. The van der Waals surface area contributed by atoms with Crippen LogP contribution in [0.2, 0.25) is 0 Å². The van der Waals surface area contributed by atoms with Crippen molar-refractivity contribution in [2.75, 3.05) is 6.61 Å². The number of halogens is 1. The van der Waals surface area contributed by atoms with Gasteiger partial charge in [0.1, 0.15) is 5.75 Å². The van der Waals surface area contributed by atoms with Crippen LogP contribution in [0.15, 0.2) is 27.8 Å². The number of ether oxygens (including phenoxy) is 1. The molecular weight excluding hydrogens is 264 g/mol. The normalized spacial score (nSPS) is 10.5. The van der Waals surface area contributed by atoms with Gasteiger partial charge in [-0.15, -0.1) is 0 Å². The third kappa shape index (κ3) is 3.59. The second kappa shape index (κ2) is 5.35. The van der Waals surface area contributed by atoms with Crippen LogP contribution in [0.25, 0.3) is 0 Å².